The molecule has 0 aromatic carbocycles. The second-order valence-corrected chi connectivity index (χ2v) is 3.66. The van der Waals surface area contributed by atoms with Gasteiger partial charge in [0, 0.05) is 11.6 Å². The van der Waals surface area contributed by atoms with Crippen LogP contribution in [0, 0.1) is 0 Å². The van der Waals surface area contributed by atoms with Crippen molar-refractivity contribution in [3.05, 3.63) is 12.3 Å². The molecule has 1 atom stereocenters. The molecule has 11 heavy (non-hydrogen) atoms. The lowest BCUT2D eigenvalue weighted by Crippen LogP contribution is -2.44. The van der Waals surface area contributed by atoms with Gasteiger partial charge in [-0.15, -0.1) is 5.11 Å². The highest BCUT2D eigenvalue weighted by atomic mass is 15.4. The molecule has 0 aliphatic carbocycles. The summed E-state index contributed by atoms with van der Waals surface area (Å²) in [5.41, 5.74) is 3.01. The van der Waals surface area contributed by atoms with E-state index in [-0.39, 0.29) is 5.44 Å². The molecule has 1 rings (SSSR count). The summed E-state index contributed by atoms with van der Waals surface area (Å²) in [6.45, 7) is 6.53. The SMILES string of the molecule is CC(C)BC1(C)C=CN=NN1. The predicted molar refractivity (Wildman–Crippen MR) is 47.8 cm³/mol. The third kappa shape index (κ3) is 2.37. The van der Waals surface area contributed by atoms with Crippen LogP contribution in [0.3, 0.4) is 0 Å². The van der Waals surface area contributed by atoms with Crippen molar-refractivity contribution >= 4 is 7.28 Å². The summed E-state index contributed by atoms with van der Waals surface area (Å²) in [6, 6.07) is 0. The fourth-order valence-corrected chi connectivity index (χ4v) is 1.37. The van der Waals surface area contributed by atoms with Crippen LogP contribution in [0.25, 0.3) is 0 Å². The van der Waals surface area contributed by atoms with Gasteiger partial charge in [-0.2, -0.15) is 0 Å². The molecule has 1 unspecified atom stereocenters. The van der Waals surface area contributed by atoms with E-state index >= 15 is 0 Å². The van der Waals surface area contributed by atoms with Gasteiger partial charge in [0.25, 0.3) is 0 Å². The lowest BCUT2D eigenvalue weighted by atomic mass is 9.52. The maximum Gasteiger partial charge on any atom is 0.162 e. The van der Waals surface area contributed by atoms with Crippen molar-refractivity contribution in [2.75, 3.05) is 0 Å². The molecule has 0 bridgehead atoms. The molecule has 1 heterocycles. The van der Waals surface area contributed by atoms with Crippen LogP contribution in [-0.4, -0.2) is 12.7 Å². The van der Waals surface area contributed by atoms with Gasteiger partial charge in [-0.25, -0.2) is 0 Å². The van der Waals surface area contributed by atoms with Gasteiger partial charge < -0.3 is 0 Å². The van der Waals surface area contributed by atoms with Gasteiger partial charge in [-0.1, -0.05) is 24.9 Å². The normalized spacial score (nSPS) is 28.7. The minimum Gasteiger partial charge on any atom is -0.290 e. The Bertz CT molecular complexity index is 188. The van der Waals surface area contributed by atoms with E-state index in [9.17, 15) is 0 Å². The van der Waals surface area contributed by atoms with Crippen LogP contribution < -0.4 is 5.43 Å². The highest BCUT2D eigenvalue weighted by Crippen LogP contribution is 2.14. The van der Waals surface area contributed by atoms with E-state index in [1.165, 1.54) is 0 Å². The van der Waals surface area contributed by atoms with Crippen molar-refractivity contribution in [1.82, 2.24) is 5.43 Å². The highest BCUT2D eigenvalue weighted by Gasteiger charge is 2.24. The minimum absolute atomic E-state index is 0.00984. The highest BCUT2D eigenvalue weighted by molar-refractivity contribution is 6.42. The standard InChI is InChI=1S/C7H14BN3/c1-6(2)8-7(3)4-5-9-11-10-7/h4-6,8H,1-3H3,(H,9,10). The first-order valence-electron chi connectivity index (χ1n) is 3.97. The molecule has 0 aromatic rings. The molecule has 0 amide bonds. The van der Waals surface area contributed by atoms with E-state index in [0.29, 0.717) is 5.82 Å². The van der Waals surface area contributed by atoms with Gasteiger partial charge in [0.1, 0.15) is 0 Å². The quantitative estimate of drug-likeness (QED) is 0.595. The summed E-state index contributed by atoms with van der Waals surface area (Å²) < 4.78 is 0. The summed E-state index contributed by atoms with van der Waals surface area (Å²) in [5, 5.41) is 7.48. The Kier molecular flexibility index (Phi) is 2.32. The van der Waals surface area contributed by atoms with E-state index in [2.05, 4.69) is 42.6 Å². The van der Waals surface area contributed by atoms with E-state index in [1.54, 1.807) is 6.20 Å². The molecule has 4 heteroatoms. The van der Waals surface area contributed by atoms with E-state index in [1.807, 2.05) is 0 Å². The van der Waals surface area contributed by atoms with Crippen LogP contribution in [0.15, 0.2) is 22.6 Å². The average Bonchev–Trinajstić information content (AvgIpc) is 1.85. The van der Waals surface area contributed by atoms with Gasteiger partial charge >= 0.3 is 0 Å². The smallest absolute Gasteiger partial charge is 0.162 e. The Morgan fingerprint density at radius 1 is 1.55 bits per heavy atom. The molecule has 0 aromatic heterocycles. The first-order valence-corrected chi connectivity index (χ1v) is 3.97. The first-order chi connectivity index (χ1) is 5.12. The van der Waals surface area contributed by atoms with Gasteiger partial charge in [-0.05, 0) is 13.0 Å². The van der Waals surface area contributed by atoms with E-state index < -0.39 is 0 Å². The molecular weight excluding hydrogens is 137 g/mol. The number of nitrogens with zero attached hydrogens (tertiary/aromatic N) is 2. The molecule has 1 aliphatic rings. The van der Waals surface area contributed by atoms with E-state index in [4.69, 9.17) is 0 Å². The fraction of sp³-hybridized carbons (Fsp3) is 0.714. The van der Waals surface area contributed by atoms with Crippen LogP contribution in [-0.2, 0) is 0 Å². The lowest BCUT2D eigenvalue weighted by Gasteiger charge is -2.26. The third-order valence-corrected chi connectivity index (χ3v) is 1.70. The topological polar surface area (TPSA) is 36.8 Å². The van der Waals surface area contributed by atoms with Crippen molar-refractivity contribution in [2.45, 2.75) is 32.0 Å². The second-order valence-electron chi connectivity index (χ2n) is 3.66. The number of nitrogens with one attached hydrogen (secondary N) is 1. The predicted octanol–water partition coefficient (Wildman–Crippen LogP) is 1.45. The van der Waals surface area contributed by atoms with Crippen molar-refractivity contribution in [2.24, 2.45) is 10.3 Å². The van der Waals surface area contributed by atoms with Gasteiger partial charge in [0.2, 0.25) is 0 Å². The van der Waals surface area contributed by atoms with Crippen LogP contribution in [0.1, 0.15) is 20.8 Å². The molecular formula is C7H14BN3. The fourth-order valence-electron chi connectivity index (χ4n) is 1.37. The molecule has 0 saturated heterocycles. The molecule has 60 valence electrons. The first kappa shape index (κ1) is 8.30. The maximum absolute atomic E-state index is 3.77. The maximum atomic E-state index is 3.77. The van der Waals surface area contributed by atoms with Gasteiger partial charge in [0.15, 0.2) is 7.28 Å². The Morgan fingerprint density at radius 2 is 2.27 bits per heavy atom. The minimum atomic E-state index is 0.00984. The summed E-state index contributed by atoms with van der Waals surface area (Å²) in [7, 11) is 1.09. The zero-order chi connectivity index (χ0) is 8.32. The zero-order valence-electron chi connectivity index (χ0n) is 7.33. The third-order valence-electron chi connectivity index (χ3n) is 1.70. The van der Waals surface area contributed by atoms with Crippen LogP contribution in [0.5, 0.6) is 0 Å². The molecule has 1 N–H and O–H groups in total. The van der Waals surface area contributed by atoms with Gasteiger partial charge in [0.05, 0.1) is 0 Å². The van der Waals surface area contributed by atoms with Crippen LogP contribution >= 0.6 is 0 Å². The molecule has 0 saturated carbocycles. The van der Waals surface area contributed by atoms with Crippen LogP contribution in [0.4, 0.5) is 0 Å². The van der Waals surface area contributed by atoms with Crippen molar-refractivity contribution in [3.8, 4) is 0 Å². The monoisotopic (exact) mass is 151 g/mol. The second kappa shape index (κ2) is 3.07. The molecule has 3 nitrogen and oxygen atoms in total. The van der Waals surface area contributed by atoms with Crippen molar-refractivity contribution in [3.63, 3.8) is 0 Å². The Balaban J connectivity index is 2.54. The Labute approximate surface area is 68.2 Å². The Hall–Kier alpha value is -0.795. The molecule has 0 spiro atoms. The van der Waals surface area contributed by atoms with Crippen molar-refractivity contribution in [1.29, 1.82) is 0 Å². The number of hydrogen-bond acceptors (Lipinski definition) is 3. The van der Waals surface area contributed by atoms with Gasteiger partial charge in [-0.3, -0.25) is 5.43 Å². The molecule has 0 fully saturated rings. The zero-order valence-corrected chi connectivity index (χ0v) is 7.33. The summed E-state index contributed by atoms with van der Waals surface area (Å²) >= 11 is 0. The molecule has 1 aliphatic heterocycles. The van der Waals surface area contributed by atoms with Crippen LogP contribution in [0.2, 0.25) is 5.82 Å². The summed E-state index contributed by atoms with van der Waals surface area (Å²) in [6.07, 6.45) is 3.80. The number of hydrogen-bond donors (Lipinski definition) is 1. The number of rotatable bonds is 2. The lowest BCUT2D eigenvalue weighted by molar-refractivity contribution is 0.550. The summed E-state index contributed by atoms with van der Waals surface area (Å²) in [4.78, 5) is 0. The average molecular weight is 151 g/mol. The molecule has 0 radical (unpaired) electrons. The summed E-state index contributed by atoms with van der Waals surface area (Å²) in [5.74, 6) is 0.672. The largest absolute Gasteiger partial charge is 0.290 e. The van der Waals surface area contributed by atoms with Crippen molar-refractivity contribution < 1.29 is 0 Å². The van der Waals surface area contributed by atoms with E-state index in [0.717, 1.165) is 7.28 Å². The Morgan fingerprint density at radius 3 is 2.73 bits per heavy atom.